The van der Waals surface area contributed by atoms with Crippen LogP contribution in [0, 0.1) is 6.92 Å². The van der Waals surface area contributed by atoms with Gasteiger partial charge in [-0.3, -0.25) is 4.79 Å². The Balaban J connectivity index is 1.70. The lowest BCUT2D eigenvalue weighted by Gasteiger charge is -2.14. The van der Waals surface area contributed by atoms with Crippen LogP contribution in [0.4, 0.5) is 0 Å². The smallest absolute Gasteiger partial charge is 0.259 e. The Kier molecular flexibility index (Phi) is 7.17. The van der Waals surface area contributed by atoms with Gasteiger partial charge in [-0.05, 0) is 18.1 Å². The van der Waals surface area contributed by atoms with E-state index in [4.69, 9.17) is 9.47 Å². The number of H-pyrrole nitrogens is 1. The maximum atomic E-state index is 12.7. The molecule has 3 aromatic rings. The molecule has 0 saturated heterocycles. The number of nitrogens with zero attached hydrogens (tertiary/aromatic N) is 2. The summed E-state index contributed by atoms with van der Waals surface area (Å²) in [5.41, 5.74) is 2.92. The number of hydrogen-bond acceptors (Lipinski definition) is 7. The van der Waals surface area contributed by atoms with Crippen LogP contribution >= 0.6 is 0 Å². The molecular weight excluding hydrogens is 432 g/mol. The number of sulfonamides is 1. The summed E-state index contributed by atoms with van der Waals surface area (Å²) in [6.45, 7) is 3.06. The van der Waals surface area contributed by atoms with Crippen LogP contribution in [-0.4, -0.2) is 50.2 Å². The summed E-state index contributed by atoms with van der Waals surface area (Å²) in [5, 5.41) is 3.74. The summed E-state index contributed by atoms with van der Waals surface area (Å²) in [4.78, 5) is 20.0. The first-order valence-corrected chi connectivity index (χ1v) is 11.8. The molecule has 0 spiro atoms. The highest BCUT2D eigenvalue weighted by molar-refractivity contribution is 7.88. The lowest BCUT2D eigenvalue weighted by atomic mass is 10.1. The molecule has 10 heteroatoms. The highest BCUT2D eigenvalue weighted by Gasteiger charge is 2.16. The van der Waals surface area contributed by atoms with Crippen molar-refractivity contribution in [3.8, 4) is 11.5 Å². The monoisotopic (exact) mass is 460 g/mol. The van der Waals surface area contributed by atoms with Crippen molar-refractivity contribution in [3.63, 3.8) is 0 Å². The zero-order chi connectivity index (χ0) is 23.5. The molecule has 0 amide bonds. The number of fused-ring (bicyclic) bond motifs is 1. The molecule has 2 N–H and O–H groups in total. The van der Waals surface area contributed by atoms with Crippen LogP contribution in [0.2, 0.25) is 0 Å². The zero-order valence-electron chi connectivity index (χ0n) is 18.9. The van der Waals surface area contributed by atoms with Crippen molar-refractivity contribution in [1.82, 2.24) is 19.6 Å². The molecule has 0 unspecified atom stereocenters. The normalized spacial score (nSPS) is 11.8. The zero-order valence-corrected chi connectivity index (χ0v) is 19.7. The molecule has 32 heavy (non-hydrogen) atoms. The molecule has 1 aromatic heterocycles. The van der Waals surface area contributed by atoms with Crippen molar-refractivity contribution in [2.75, 3.05) is 27.5 Å². The Morgan fingerprint density at radius 1 is 1.09 bits per heavy atom. The number of ether oxygens (including phenoxy) is 2. The molecule has 0 atom stereocenters. The number of nitrogens with one attached hydrogen (secondary N) is 2. The Labute approximate surface area is 187 Å². The van der Waals surface area contributed by atoms with Gasteiger partial charge in [-0.15, -0.1) is 0 Å². The van der Waals surface area contributed by atoms with Crippen LogP contribution in [0.3, 0.4) is 0 Å². The van der Waals surface area contributed by atoms with E-state index >= 15 is 0 Å². The van der Waals surface area contributed by atoms with Gasteiger partial charge in [0.2, 0.25) is 10.0 Å². The molecule has 9 nitrogen and oxygen atoms in total. The molecule has 2 aromatic carbocycles. The molecule has 0 saturated carbocycles. The van der Waals surface area contributed by atoms with Crippen molar-refractivity contribution < 1.29 is 17.9 Å². The van der Waals surface area contributed by atoms with Gasteiger partial charge in [0, 0.05) is 31.8 Å². The minimum Gasteiger partial charge on any atom is -0.493 e. The third kappa shape index (κ3) is 5.26. The highest BCUT2D eigenvalue weighted by atomic mass is 32.2. The van der Waals surface area contributed by atoms with Gasteiger partial charge < -0.3 is 19.8 Å². The third-order valence-corrected chi connectivity index (χ3v) is 6.51. The van der Waals surface area contributed by atoms with Crippen LogP contribution in [0.25, 0.3) is 10.9 Å². The summed E-state index contributed by atoms with van der Waals surface area (Å²) < 4.78 is 35.1. The number of benzene rings is 2. The van der Waals surface area contributed by atoms with Crippen LogP contribution in [0.5, 0.6) is 11.5 Å². The first-order chi connectivity index (χ1) is 15.1. The summed E-state index contributed by atoms with van der Waals surface area (Å²) in [5.74, 6) is 1.56. The van der Waals surface area contributed by atoms with E-state index in [1.54, 1.807) is 27.1 Å². The van der Waals surface area contributed by atoms with Gasteiger partial charge >= 0.3 is 0 Å². The van der Waals surface area contributed by atoms with Crippen molar-refractivity contribution in [1.29, 1.82) is 0 Å². The maximum Gasteiger partial charge on any atom is 0.259 e. The van der Waals surface area contributed by atoms with E-state index in [2.05, 4.69) is 15.3 Å². The second kappa shape index (κ2) is 9.68. The Bertz CT molecular complexity index is 1270. The second-order valence-corrected chi connectivity index (χ2v) is 9.67. The van der Waals surface area contributed by atoms with Crippen LogP contribution in [0.15, 0.2) is 35.1 Å². The summed E-state index contributed by atoms with van der Waals surface area (Å²) in [6.07, 6.45) is 1.18. The molecule has 1 heterocycles. The van der Waals surface area contributed by atoms with Crippen molar-refractivity contribution in [2.45, 2.75) is 26.6 Å². The second-order valence-electron chi connectivity index (χ2n) is 7.58. The number of aromatic amines is 1. The van der Waals surface area contributed by atoms with E-state index in [0.29, 0.717) is 53.4 Å². The van der Waals surface area contributed by atoms with E-state index in [9.17, 15) is 13.2 Å². The van der Waals surface area contributed by atoms with E-state index < -0.39 is 10.0 Å². The predicted octanol–water partition coefficient (Wildman–Crippen LogP) is 1.93. The Morgan fingerprint density at radius 3 is 2.34 bits per heavy atom. The maximum absolute atomic E-state index is 12.7. The topological polar surface area (TPSA) is 114 Å². The van der Waals surface area contributed by atoms with Gasteiger partial charge in [0.15, 0.2) is 11.5 Å². The van der Waals surface area contributed by atoms with Crippen LogP contribution in [0.1, 0.15) is 22.5 Å². The Hall–Kier alpha value is -2.95. The summed E-state index contributed by atoms with van der Waals surface area (Å²) >= 11 is 0. The molecule has 0 aliphatic heterocycles. The van der Waals surface area contributed by atoms with Gasteiger partial charge in [-0.2, -0.15) is 0 Å². The molecule has 0 aliphatic carbocycles. The van der Waals surface area contributed by atoms with E-state index in [0.717, 1.165) is 11.1 Å². The number of aryl methyl sites for hydroxylation is 1. The molecule has 0 bridgehead atoms. The van der Waals surface area contributed by atoms with Crippen molar-refractivity contribution in [3.05, 3.63) is 63.2 Å². The molecule has 0 fully saturated rings. The van der Waals surface area contributed by atoms with Crippen LogP contribution < -0.4 is 20.3 Å². The van der Waals surface area contributed by atoms with Gasteiger partial charge in [0.1, 0.15) is 5.82 Å². The van der Waals surface area contributed by atoms with Gasteiger partial charge in [0.05, 0.1) is 37.9 Å². The SMILES string of the molecule is COc1cc2nc(CNCc3ccc(CN(C)S(C)(=O)=O)cc3)[nH]c(=O)c2c(C)c1OC. The van der Waals surface area contributed by atoms with Gasteiger partial charge in [-0.25, -0.2) is 17.7 Å². The van der Waals surface area contributed by atoms with E-state index in [1.807, 2.05) is 24.3 Å². The quantitative estimate of drug-likeness (QED) is 0.502. The van der Waals surface area contributed by atoms with Crippen molar-refractivity contribution in [2.24, 2.45) is 0 Å². The molecular formula is C22H28N4O5S. The number of hydrogen-bond donors (Lipinski definition) is 2. The Morgan fingerprint density at radius 2 is 1.75 bits per heavy atom. The van der Waals surface area contributed by atoms with Crippen LogP contribution in [-0.2, 0) is 29.7 Å². The van der Waals surface area contributed by atoms with Gasteiger partial charge in [0.25, 0.3) is 5.56 Å². The fourth-order valence-electron chi connectivity index (χ4n) is 3.45. The first-order valence-electron chi connectivity index (χ1n) is 9.98. The molecule has 0 aliphatic rings. The summed E-state index contributed by atoms with van der Waals surface area (Å²) in [7, 11) is 1.41. The average Bonchev–Trinajstić information content (AvgIpc) is 2.73. The number of rotatable bonds is 9. The van der Waals surface area contributed by atoms with E-state index in [1.165, 1.54) is 17.7 Å². The number of aromatic nitrogens is 2. The third-order valence-electron chi connectivity index (χ3n) is 5.24. The fraction of sp³-hybridized carbons (Fsp3) is 0.364. The largest absolute Gasteiger partial charge is 0.493 e. The average molecular weight is 461 g/mol. The lowest BCUT2D eigenvalue weighted by Crippen LogP contribution is -2.24. The number of methoxy groups -OCH3 is 2. The molecule has 3 rings (SSSR count). The molecule has 0 radical (unpaired) electrons. The molecule has 172 valence electrons. The lowest BCUT2D eigenvalue weighted by molar-refractivity contribution is 0.354. The predicted molar refractivity (Wildman–Crippen MR) is 124 cm³/mol. The highest BCUT2D eigenvalue weighted by Crippen LogP contribution is 2.34. The van der Waals surface area contributed by atoms with Gasteiger partial charge in [-0.1, -0.05) is 24.3 Å². The minimum atomic E-state index is -3.22. The van der Waals surface area contributed by atoms with Crippen molar-refractivity contribution >= 4 is 20.9 Å². The minimum absolute atomic E-state index is 0.232. The van der Waals surface area contributed by atoms with E-state index in [-0.39, 0.29) is 5.56 Å². The fourth-order valence-corrected chi connectivity index (χ4v) is 3.83. The summed E-state index contributed by atoms with van der Waals surface area (Å²) in [6, 6.07) is 9.38. The first kappa shape index (κ1) is 23.7. The standard InChI is InChI=1S/C22H28N4O5S/c1-14-20-17(10-18(30-3)21(14)31-4)24-19(25-22(20)27)12-23-11-15-6-8-16(9-7-15)13-26(2)32(5,28)29/h6-10,23H,11-13H2,1-5H3,(H,24,25,27).